The fraction of sp³-hybridized carbons (Fsp3) is 0.556. The van der Waals surface area contributed by atoms with Gasteiger partial charge >= 0.3 is 0 Å². The molecule has 88 valence electrons. The van der Waals surface area contributed by atoms with Crippen LogP contribution in [0.1, 0.15) is 13.3 Å². The van der Waals surface area contributed by atoms with Crippen LogP contribution in [0.5, 0.6) is 0 Å². The topological polar surface area (TPSA) is 85.1 Å². The number of hydrogen-bond donors (Lipinski definition) is 3. The number of rotatable bonds is 3. The first-order chi connectivity index (χ1) is 7.72. The molecule has 2 atom stereocenters. The lowest BCUT2D eigenvalue weighted by Gasteiger charge is -2.17. The first-order valence-corrected chi connectivity index (χ1v) is 5.87. The smallest absolute Gasteiger partial charge is 0.159 e. The number of anilines is 2. The van der Waals surface area contributed by atoms with E-state index in [2.05, 4.69) is 36.6 Å². The minimum absolute atomic E-state index is 0.191. The second-order valence-corrected chi connectivity index (χ2v) is 4.44. The zero-order chi connectivity index (χ0) is 11.5. The van der Waals surface area contributed by atoms with E-state index in [0.29, 0.717) is 5.82 Å². The number of nitrogens with one attached hydrogen (secondary N) is 2. The molecule has 0 aliphatic carbocycles. The van der Waals surface area contributed by atoms with Gasteiger partial charge < -0.3 is 15.5 Å². The maximum Gasteiger partial charge on any atom is 0.159 e. The predicted octanol–water partition coefficient (Wildman–Crippen LogP) is 1.11. The zero-order valence-electron chi connectivity index (χ0n) is 8.90. The summed E-state index contributed by atoms with van der Waals surface area (Å²) < 4.78 is 6.21. The molecule has 7 heteroatoms. The lowest BCUT2D eigenvalue weighted by molar-refractivity contribution is 0.121. The third kappa shape index (κ3) is 2.26. The van der Waals surface area contributed by atoms with E-state index in [0.717, 1.165) is 23.3 Å². The molecule has 0 amide bonds. The quantitative estimate of drug-likeness (QED) is 0.571. The molecule has 1 fully saturated rings. The Bertz CT molecular complexity index is 375. The number of halogens is 1. The Balaban J connectivity index is 2.14. The molecule has 1 aromatic heterocycles. The van der Waals surface area contributed by atoms with Crippen LogP contribution < -0.4 is 16.6 Å². The van der Waals surface area contributed by atoms with Crippen LogP contribution in [0.25, 0.3) is 0 Å². The Kier molecular flexibility index (Phi) is 3.57. The second-order valence-electron chi connectivity index (χ2n) is 3.64. The summed E-state index contributed by atoms with van der Waals surface area (Å²) in [5, 5.41) is 3.32. The number of nitrogen functional groups attached to an aromatic ring is 1. The van der Waals surface area contributed by atoms with Crippen molar-refractivity contribution in [3.63, 3.8) is 0 Å². The van der Waals surface area contributed by atoms with Crippen LogP contribution in [0.3, 0.4) is 0 Å². The Hall–Kier alpha value is -0.920. The van der Waals surface area contributed by atoms with Gasteiger partial charge in [0.15, 0.2) is 5.82 Å². The number of nitrogens with two attached hydrogens (primary N) is 1. The minimum atomic E-state index is 0.191. The molecular formula is C9H14BrN5O. The lowest BCUT2D eigenvalue weighted by Crippen LogP contribution is -2.27. The normalized spacial score (nSPS) is 24.4. The van der Waals surface area contributed by atoms with E-state index in [1.807, 2.05) is 6.92 Å². The van der Waals surface area contributed by atoms with Crippen molar-refractivity contribution in [2.24, 2.45) is 5.84 Å². The summed E-state index contributed by atoms with van der Waals surface area (Å²) in [6.07, 6.45) is 2.63. The largest absolute Gasteiger partial charge is 0.376 e. The molecule has 1 saturated heterocycles. The molecule has 0 spiro atoms. The number of nitrogens with zero attached hydrogens (tertiary/aromatic N) is 2. The van der Waals surface area contributed by atoms with E-state index < -0.39 is 0 Å². The van der Waals surface area contributed by atoms with Crippen LogP contribution >= 0.6 is 15.9 Å². The first-order valence-electron chi connectivity index (χ1n) is 5.07. The second kappa shape index (κ2) is 4.94. The molecule has 0 radical (unpaired) electrons. The molecule has 6 nitrogen and oxygen atoms in total. The predicted molar refractivity (Wildman–Crippen MR) is 65.0 cm³/mol. The zero-order valence-corrected chi connectivity index (χ0v) is 10.5. The van der Waals surface area contributed by atoms with Gasteiger partial charge in [-0.25, -0.2) is 15.8 Å². The Morgan fingerprint density at radius 3 is 2.88 bits per heavy atom. The lowest BCUT2D eigenvalue weighted by atomic mass is 10.1. The molecule has 0 bridgehead atoms. The average molecular weight is 288 g/mol. The first kappa shape index (κ1) is 11.6. The van der Waals surface area contributed by atoms with Gasteiger partial charge in [0.05, 0.1) is 12.1 Å². The van der Waals surface area contributed by atoms with Gasteiger partial charge in [-0.05, 0) is 29.3 Å². The highest BCUT2D eigenvalue weighted by Gasteiger charge is 2.25. The van der Waals surface area contributed by atoms with Crippen molar-refractivity contribution in [1.82, 2.24) is 9.97 Å². The van der Waals surface area contributed by atoms with E-state index >= 15 is 0 Å². The number of ether oxygens (including phenoxy) is 1. The minimum Gasteiger partial charge on any atom is -0.376 e. The SMILES string of the molecule is CC1OCCC1Nc1ncnc(NN)c1Br. The average Bonchev–Trinajstić information content (AvgIpc) is 2.68. The summed E-state index contributed by atoms with van der Waals surface area (Å²) in [5.74, 6) is 6.62. The monoisotopic (exact) mass is 287 g/mol. The van der Waals surface area contributed by atoms with Gasteiger partial charge in [0, 0.05) is 6.61 Å². The van der Waals surface area contributed by atoms with Crippen molar-refractivity contribution < 1.29 is 4.74 Å². The molecule has 2 rings (SSSR count). The van der Waals surface area contributed by atoms with Gasteiger partial charge in [0.2, 0.25) is 0 Å². The van der Waals surface area contributed by atoms with Gasteiger partial charge in [-0.2, -0.15) is 0 Å². The number of hydrogen-bond acceptors (Lipinski definition) is 6. The summed E-state index contributed by atoms with van der Waals surface area (Å²) in [6.45, 7) is 2.82. The van der Waals surface area contributed by atoms with Crippen molar-refractivity contribution in [1.29, 1.82) is 0 Å². The molecule has 0 saturated carbocycles. The molecular weight excluding hydrogens is 274 g/mol. The summed E-state index contributed by atoms with van der Waals surface area (Å²) in [5.41, 5.74) is 2.50. The van der Waals surface area contributed by atoms with Crippen molar-refractivity contribution in [2.45, 2.75) is 25.5 Å². The fourth-order valence-corrected chi connectivity index (χ4v) is 2.10. The molecule has 4 N–H and O–H groups in total. The summed E-state index contributed by atoms with van der Waals surface area (Å²) in [7, 11) is 0. The van der Waals surface area contributed by atoms with E-state index in [1.54, 1.807) is 0 Å². The maximum absolute atomic E-state index is 5.47. The van der Waals surface area contributed by atoms with Crippen molar-refractivity contribution in [2.75, 3.05) is 17.3 Å². The van der Waals surface area contributed by atoms with Crippen LogP contribution in [0.2, 0.25) is 0 Å². The third-order valence-electron chi connectivity index (χ3n) is 2.62. The van der Waals surface area contributed by atoms with Crippen molar-refractivity contribution in [3.05, 3.63) is 10.8 Å². The van der Waals surface area contributed by atoms with E-state index in [9.17, 15) is 0 Å². The maximum atomic E-state index is 5.47. The van der Waals surface area contributed by atoms with Crippen LogP contribution in [0, 0.1) is 0 Å². The highest BCUT2D eigenvalue weighted by molar-refractivity contribution is 9.10. The van der Waals surface area contributed by atoms with Crippen molar-refractivity contribution in [3.8, 4) is 0 Å². The molecule has 1 aliphatic rings. The fourth-order valence-electron chi connectivity index (χ4n) is 1.67. The van der Waals surface area contributed by atoms with Gasteiger partial charge in [-0.15, -0.1) is 0 Å². The molecule has 2 unspecified atom stereocenters. The van der Waals surface area contributed by atoms with E-state index in [-0.39, 0.29) is 12.1 Å². The summed E-state index contributed by atoms with van der Waals surface area (Å²) in [4.78, 5) is 8.15. The third-order valence-corrected chi connectivity index (χ3v) is 3.38. The van der Waals surface area contributed by atoms with Crippen LogP contribution in [-0.4, -0.2) is 28.7 Å². The van der Waals surface area contributed by atoms with Gasteiger partial charge in [0.1, 0.15) is 16.6 Å². The van der Waals surface area contributed by atoms with E-state index in [4.69, 9.17) is 10.6 Å². The van der Waals surface area contributed by atoms with Gasteiger partial charge in [-0.3, -0.25) is 0 Å². The van der Waals surface area contributed by atoms with Crippen LogP contribution in [-0.2, 0) is 4.74 Å². The van der Waals surface area contributed by atoms with Gasteiger partial charge in [0.25, 0.3) is 0 Å². The Morgan fingerprint density at radius 1 is 1.50 bits per heavy atom. The number of aromatic nitrogens is 2. The Morgan fingerprint density at radius 2 is 2.25 bits per heavy atom. The van der Waals surface area contributed by atoms with Crippen molar-refractivity contribution >= 4 is 27.6 Å². The molecule has 1 aliphatic heterocycles. The molecule has 0 aromatic carbocycles. The highest BCUT2D eigenvalue weighted by atomic mass is 79.9. The summed E-state index contributed by atoms with van der Waals surface area (Å²) in [6, 6.07) is 0.275. The van der Waals surface area contributed by atoms with Crippen LogP contribution in [0.15, 0.2) is 10.8 Å². The van der Waals surface area contributed by atoms with E-state index in [1.165, 1.54) is 6.33 Å². The highest BCUT2D eigenvalue weighted by Crippen LogP contribution is 2.28. The molecule has 16 heavy (non-hydrogen) atoms. The number of hydrazine groups is 1. The van der Waals surface area contributed by atoms with Gasteiger partial charge in [-0.1, -0.05) is 0 Å². The molecule has 2 heterocycles. The standard InChI is InChI=1S/C9H14BrN5O/c1-5-6(2-3-16-5)14-8-7(10)9(15-11)13-4-12-8/h4-6H,2-3,11H2,1H3,(H2,12,13,14,15). The molecule has 1 aromatic rings. The Labute approximate surface area is 102 Å². The van der Waals surface area contributed by atoms with Crippen LogP contribution in [0.4, 0.5) is 11.6 Å². The summed E-state index contributed by atoms with van der Waals surface area (Å²) >= 11 is 3.40.